The maximum Gasteiger partial charge on any atom is 0.240 e. The molecule has 0 unspecified atom stereocenters. The number of benzene rings is 3. The quantitative estimate of drug-likeness (QED) is 0.615. The smallest absolute Gasteiger partial charge is 0.240 e. The van der Waals surface area contributed by atoms with Gasteiger partial charge in [-0.1, -0.05) is 54.6 Å². The Kier molecular flexibility index (Phi) is 6.46. The van der Waals surface area contributed by atoms with E-state index in [-0.39, 0.29) is 23.3 Å². The van der Waals surface area contributed by atoms with E-state index >= 15 is 0 Å². The molecule has 3 rings (SSSR count). The number of anilines is 1. The van der Waals surface area contributed by atoms with E-state index < -0.39 is 10.0 Å². The van der Waals surface area contributed by atoms with E-state index in [9.17, 15) is 13.2 Å². The average molecular weight is 409 g/mol. The van der Waals surface area contributed by atoms with Gasteiger partial charge in [-0.25, -0.2) is 13.1 Å². The highest BCUT2D eigenvalue weighted by Crippen LogP contribution is 2.20. The van der Waals surface area contributed by atoms with Crippen LogP contribution >= 0.6 is 0 Å². The maximum absolute atomic E-state index is 12.3. The predicted molar refractivity (Wildman–Crippen MR) is 116 cm³/mol. The lowest BCUT2D eigenvalue weighted by Crippen LogP contribution is -2.30. The molecule has 0 spiro atoms. The Labute approximate surface area is 171 Å². The lowest BCUT2D eigenvalue weighted by atomic mass is 10.0. The van der Waals surface area contributed by atoms with Gasteiger partial charge in [-0.3, -0.25) is 4.79 Å². The molecule has 0 aromatic heterocycles. The largest absolute Gasteiger partial charge is 0.326 e. The number of hydrogen-bond acceptors (Lipinski definition) is 3. The summed E-state index contributed by atoms with van der Waals surface area (Å²) in [5.74, 6) is -0.159. The van der Waals surface area contributed by atoms with E-state index in [0.29, 0.717) is 5.69 Å². The molecule has 0 fully saturated rings. The molecule has 0 atom stereocenters. The Balaban J connectivity index is 1.61. The Morgan fingerprint density at radius 1 is 0.828 bits per heavy atom. The molecule has 0 aliphatic rings. The molecule has 0 saturated heterocycles. The van der Waals surface area contributed by atoms with Crippen LogP contribution < -0.4 is 10.0 Å². The van der Waals surface area contributed by atoms with Crippen LogP contribution in [-0.4, -0.2) is 20.4 Å². The molecular weight excluding hydrogens is 384 g/mol. The summed E-state index contributed by atoms with van der Waals surface area (Å²) in [5.41, 5.74) is 3.69. The first-order chi connectivity index (χ1) is 13.8. The zero-order chi connectivity index (χ0) is 20.9. The molecule has 0 radical (unpaired) electrons. The van der Waals surface area contributed by atoms with E-state index in [1.54, 1.807) is 26.0 Å². The van der Waals surface area contributed by atoms with Crippen molar-refractivity contribution in [3.8, 4) is 11.1 Å². The zero-order valence-electron chi connectivity index (χ0n) is 16.4. The second-order valence-corrected chi connectivity index (χ2v) is 8.80. The Morgan fingerprint density at radius 3 is 2.00 bits per heavy atom. The fraction of sp³-hybridized carbons (Fsp3) is 0.174. The van der Waals surface area contributed by atoms with Crippen LogP contribution in [0.5, 0.6) is 0 Å². The molecule has 6 heteroatoms. The molecule has 150 valence electrons. The Morgan fingerprint density at radius 2 is 1.41 bits per heavy atom. The number of carbonyl (C=O) groups excluding carboxylic acids is 1. The second-order valence-electron chi connectivity index (χ2n) is 7.09. The molecule has 29 heavy (non-hydrogen) atoms. The molecule has 0 aliphatic carbocycles. The summed E-state index contributed by atoms with van der Waals surface area (Å²) in [5, 5.41) is 2.80. The van der Waals surface area contributed by atoms with Crippen molar-refractivity contribution in [3.63, 3.8) is 0 Å². The third-order valence-corrected chi connectivity index (χ3v) is 5.94. The van der Waals surface area contributed by atoms with Crippen molar-refractivity contribution >= 4 is 21.6 Å². The molecule has 2 N–H and O–H groups in total. The van der Waals surface area contributed by atoms with Gasteiger partial charge in [0.25, 0.3) is 0 Å². The van der Waals surface area contributed by atoms with Gasteiger partial charge in [0.1, 0.15) is 0 Å². The molecule has 0 heterocycles. The maximum atomic E-state index is 12.3. The SMILES string of the molecule is CC(C)NS(=O)(=O)c1ccc(NC(=O)Cc2ccc(-c3ccccc3)cc2)cc1. The van der Waals surface area contributed by atoms with Crippen molar-refractivity contribution in [2.45, 2.75) is 31.2 Å². The predicted octanol–water partition coefficient (Wildman–Crippen LogP) is 4.22. The summed E-state index contributed by atoms with van der Waals surface area (Å²) >= 11 is 0. The summed E-state index contributed by atoms with van der Waals surface area (Å²) in [6, 6.07) is 23.9. The normalized spacial score (nSPS) is 11.4. The minimum Gasteiger partial charge on any atom is -0.326 e. The van der Waals surface area contributed by atoms with Gasteiger partial charge in [0, 0.05) is 11.7 Å². The summed E-state index contributed by atoms with van der Waals surface area (Å²) in [4.78, 5) is 12.5. The summed E-state index contributed by atoms with van der Waals surface area (Å²) in [6.45, 7) is 3.52. The van der Waals surface area contributed by atoms with Crippen molar-refractivity contribution in [2.24, 2.45) is 0 Å². The van der Waals surface area contributed by atoms with Gasteiger partial charge in [-0.2, -0.15) is 0 Å². The first-order valence-electron chi connectivity index (χ1n) is 9.40. The summed E-state index contributed by atoms with van der Waals surface area (Å²) in [6.07, 6.45) is 0.240. The van der Waals surface area contributed by atoms with Crippen LogP contribution in [-0.2, 0) is 21.2 Å². The van der Waals surface area contributed by atoms with Gasteiger partial charge in [0.05, 0.1) is 11.3 Å². The van der Waals surface area contributed by atoms with E-state index in [2.05, 4.69) is 10.0 Å². The standard InChI is InChI=1S/C23H24N2O3S/c1-17(2)25-29(27,28)22-14-12-21(13-15-22)24-23(26)16-18-8-10-20(11-9-18)19-6-4-3-5-7-19/h3-15,17,25H,16H2,1-2H3,(H,24,26). The highest BCUT2D eigenvalue weighted by Gasteiger charge is 2.15. The van der Waals surface area contributed by atoms with Gasteiger partial charge in [-0.05, 0) is 54.8 Å². The van der Waals surface area contributed by atoms with Crippen LogP contribution in [0.25, 0.3) is 11.1 Å². The zero-order valence-corrected chi connectivity index (χ0v) is 17.2. The number of hydrogen-bond donors (Lipinski definition) is 2. The lowest BCUT2D eigenvalue weighted by Gasteiger charge is -2.10. The van der Waals surface area contributed by atoms with Crippen LogP contribution in [0.4, 0.5) is 5.69 Å². The van der Waals surface area contributed by atoms with Gasteiger partial charge in [-0.15, -0.1) is 0 Å². The first kappa shape index (κ1) is 20.8. The van der Waals surface area contributed by atoms with Gasteiger partial charge in [0.2, 0.25) is 15.9 Å². The Hall–Kier alpha value is -2.96. The van der Waals surface area contributed by atoms with Crippen molar-refractivity contribution in [1.82, 2.24) is 4.72 Å². The van der Waals surface area contributed by atoms with Crippen molar-refractivity contribution in [3.05, 3.63) is 84.4 Å². The third-order valence-electron chi connectivity index (χ3n) is 4.26. The lowest BCUT2D eigenvalue weighted by molar-refractivity contribution is -0.115. The molecular formula is C23H24N2O3S. The van der Waals surface area contributed by atoms with Crippen LogP contribution in [0.15, 0.2) is 83.8 Å². The molecule has 0 bridgehead atoms. The van der Waals surface area contributed by atoms with Crippen molar-refractivity contribution in [1.29, 1.82) is 0 Å². The summed E-state index contributed by atoms with van der Waals surface area (Å²) in [7, 11) is -3.54. The van der Waals surface area contributed by atoms with Gasteiger partial charge >= 0.3 is 0 Å². The number of sulfonamides is 1. The van der Waals surface area contributed by atoms with Gasteiger partial charge < -0.3 is 5.32 Å². The minimum atomic E-state index is -3.54. The van der Waals surface area contributed by atoms with Crippen LogP contribution in [0, 0.1) is 0 Å². The molecule has 0 aliphatic heterocycles. The van der Waals surface area contributed by atoms with E-state index in [0.717, 1.165) is 16.7 Å². The Bertz CT molecular complexity index is 1060. The fourth-order valence-electron chi connectivity index (χ4n) is 2.93. The van der Waals surface area contributed by atoms with Crippen molar-refractivity contribution in [2.75, 3.05) is 5.32 Å². The number of nitrogens with one attached hydrogen (secondary N) is 2. The fourth-order valence-corrected chi connectivity index (χ4v) is 4.18. The third kappa shape index (κ3) is 5.76. The second kappa shape index (κ2) is 9.03. The van der Waals surface area contributed by atoms with E-state index in [1.807, 2.05) is 54.6 Å². The number of carbonyl (C=O) groups is 1. The monoisotopic (exact) mass is 408 g/mol. The van der Waals surface area contributed by atoms with Crippen LogP contribution in [0.2, 0.25) is 0 Å². The molecule has 3 aromatic rings. The van der Waals surface area contributed by atoms with E-state index in [4.69, 9.17) is 0 Å². The minimum absolute atomic E-state index is 0.159. The van der Waals surface area contributed by atoms with Gasteiger partial charge in [0.15, 0.2) is 0 Å². The average Bonchev–Trinajstić information content (AvgIpc) is 2.68. The van der Waals surface area contributed by atoms with Crippen LogP contribution in [0.1, 0.15) is 19.4 Å². The highest BCUT2D eigenvalue weighted by atomic mass is 32.2. The summed E-state index contributed by atoms with van der Waals surface area (Å²) < 4.78 is 26.8. The number of rotatable bonds is 7. The topological polar surface area (TPSA) is 75.3 Å². The highest BCUT2D eigenvalue weighted by molar-refractivity contribution is 7.89. The molecule has 3 aromatic carbocycles. The number of amides is 1. The first-order valence-corrected chi connectivity index (χ1v) is 10.9. The molecule has 1 amide bonds. The van der Waals surface area contributed by atoms with E-state index in [1.165, 1.54) is 12.1 Å². The van der Waals surface area contributed by atoms with Crippen molar-refractivity contribution < 1.29 is 13.2 Å². The van der Waals surface area contributed by atoms with Crippen LogP contribution in [0.3, 0.4) is 0 Å². The molecule has 5 nitrogen and oxygen atoms in total. The molecule has 0 saturated carbocycles.